The number of aliphatic imine (C=N–C) groups is 1. The van der Waals surface area contributed by atoms with E-state index in [9.17, 15) is 0 Å². The molecule has 1 aromatic carbocycles. The quantitative estimate of drug-likeness (QED) is 0.325. The topological polar surface area (TPSA) is 52.1 Å². The van der Waals surface area contributed by atoms with Crippen molar-refractivity contribution < 1.29 is 4.74 Å². The number of morpholine rings is 1. The summed E-state index contributed by atoms with van der Waals surface area (Å²) in [6, 6.07) is 13.5. The second-order valence-electron chi connectivity index (χ2n) is 7.94. The van der Waals surface area contributed by atoms with Crippen LogP contribution in [-0.2, 0) is 17.8 Å². The fourth-order valence-corrected chi connectivity index (χ4v) is 4.93. The van der Waals surface area contributed by atoms with Gasteiger partial charge in [0, 0.05) is 52.4 Å². The Morgan fingerprint density at radius 3 is 2.48 bits per heavy atom. The Labute approximate surface area is 207 Å². The second-order valence-corrected chi connectivity index (χ2v) is 8.87. The van der Waals surface area contributed by atoms with Gasteiger partial charge in [0.25, 0.3) is 0 Å². The predicted octanol–water partition coefficient (Wildman–Crippen LogP) is 3.53. The van der Waals surface area contributed by atoms with Crippen LogP contribution < -0.4 is 15.5 Å². The number of guanidine groups is 1. The van der Waals surface area contributed by atoms with Crippen LogP contribution in [0.1, 0.15) is 24.0 Å². The first kappa shape index (κ1) is 24.3. The van der Waals surface area contributed by atoms with Crippen molar-refractivity contribution in [1.82, 2.24) is 15.5 Å². The summed E-state index contributed by atoms with van der Waals surface area (Å²) in [6.45, 7) is 7.65. The molecule has 0 radical (unpaired) electrons. The number of anilines is 1. The van der Waals surface area contributed by atoms with E-state index < -0.39 is 0 Å². The van der Waals surface area contributed by atoms with Gasteiger partial charge in [-0.3, -0.25) is 9.89 Å². The smallest absolute Gasteiger partial charge is 0.191 e. The summed E-state index contributed by atoms with van der Waals surface area (Å²) >= 11 is 1.83. The van der Waals surface area contributed by atoms with Gasteiger partial charge in [0.15, 0.2) is 5.96 Å². The van der Waals surface area contributed by atoms with E-state index in [4.69, 9.17) is 4.74 Å². The van der Waals surface area contributed by atoms with Crippen molar-refractivity contribution in [2.75, 3.05) is 51.3 Å². The van der Waals surface area contributed by atoms with E-state index in [1.165, 1.54) is 16.1 Å². The number of piperidine rings is 1. The number of hydrogen-bond donors (Lipinski definition) is 2. The highest BCUT2D eigenvalue weighted by Crippen LogP contribution is 2.24. The maximum absolute atomic E-state index is 5.48. The normalized spacial score (nSPS) is 18.5. The fraction of sp³-hybridized carbons (Fsp3) is 0.522. The first-order chi connectivity index (χ1) is 14.8. The van der Waals surface area contributed by atoms with E-state index in [0.29, 0.717) is 6.04 Å². The molecule has 2 aliphatic rings. The number of rotatable bonds is 6. The summed E-state index contributed by atoms with van der Waals surface area (Å²) in [5, 5.41) is 10.7. The number of thiophene rings is 1. The average molecular weight is 556 g/mol. The zero-order chi connectivity index (χ0) is 20.6. The van der Waals surface area contributed by atoms with Gasteiger partial charge in [-0.1, -0.05) is 24.3 Å². The van der Waals surface area contributed by atoms with E-state index in [1.807, 2.05) is 18.4 Å². The van der Waals surface area contributed by atoms with E-state index in [0.717, 1.165) is 71.3 Å². The molecule has 3 heterocycles. The van der Waals surface area contributed by atoms with E-state index >= 15 is 0 Å². The summed E-state index contributed by atoms with van der Waals surface area (Å²) in [5.41, 5.74) is 2.71. The highest BCUT2D eigenvalue weighted by Gasteiger charge is 2.21. The standard InChI is InChI=1S/C23H33N5OS.HI/c1-24-23(26-21-8-10-28(11-9-21)22-7-4-16-30-22)25-17-19-5-2-3-6-20(19)18-27-12-14-29-15-13-27;/h2-7,16,21H,8-15,17-18H2,1H3,(H2,24,25,26);1H. The van der Waals surface area contributed by atoms with Gasteiger partial charge in [-0.15, -0.1) is 35.3 Å². The molecule has 2 aromatic rings. The third-order valence-corrected chi connectivity index (χ3v) is 6.87. The molecule has 1 aromatic heterocycles. The molecule has 0 amide bonds. The molecule has 0 aliphatic carbocycles. The van der Waals surface area contributed by atoms with Crippen LogP contribution in [0.2, 0.25) is 0 Å². The van der Waals surface area contributed by atoms with Crippen molar-refractivity contribution in [2.24, 2.45) is 4.99 Å². The Hall–Kier alpha value is -1.36. The highest BCUT2D eigenvalue weighted by molar-refractivity contribution is 14.0. The van der Waals surface area contributed by atoms with Gasteiger partial charge in [0.05, 0.1) is 18.2 Å². The zero-order valence-electron chi connectivity index (χ0n) is 18.3. The van der Waals surface area contributed by atoms with Crippen molar-refractivity contribution in [1.29, 1.82) is 0 Å². The summed E-state index contributed by atoms with van der Waals surface area (Å²) < 4.78 is 5.48. The summed E-state index contributed by atoms with van der Waals surface area (Å²) in [4.78, 5) is 9.42. The van der Waals surface area contributed by atoms with Crippen molar-refractivity contribution in [3.63, 3.8) is 0 Å². The van der Waals surface area contributed by atoms with Gasteiger partial charge in [0.1, 0.15) is 0 Å². The molecule has 31 heavy (non-hydrogen) atoms. The molecule has 8 heteroatoms. The Balaban J connectivity index is 0.00000272. The predicted molar refractivity (Wildman–Crippen MR) is 141 cm³/mol. The molecular formula is C23H34IN5OS. The van der Waals surface area contributed by atoms with Crippen molar-refractivity contribution in [3.8, 4) is 0 Å². The molecule has 0 saturated carbocycles. The Kier molecular flexibility index (Phi) is 9.89. The van der Waals surface area contributed by atoms with Gasteiger partial charge >= 0.3 is 0 Å². The minimum absolute atomic E-state index is 0. The largest absolute Gasteiger partial charge is 0.379 e. The van der Waals surface area contributed by atoms with Crippen LogP contribution in [0.25, 0.3) is 0 Å². The van der Waals surface area contributed by atoms with Crippen LogP contribution in [0.4, 0.5) is 5.00 Å². The summed E-state index contributed by atoms with van der Waals surface area (Å²) in [5.74, 6) is 0.894. The Morgan fingerprint density at radius 2 is 1.81 bits per heavy atom. The van der Waals surface area contributed by atoms with Gasteiger partial charge in [-0.05, 0) is 41.5 Å². The molecule has 0 spiro atoms. The minimum Gasteiger partial charge on any atom is -0.379 e. The first-order valence-corrected chi connectivity index (χ1v) is 11.8. The van der Waals surface area contributed by atoms with E-state index in [2.05, 4.69) is 67.2 Å². The molecule has 0 atom stereocenters. The monoisotopic (exact) mass is 555 g/mol. The van der Waals surface area contributed by atoms with Crippen molar-refractivity contribution >= 4 is 46.3 Å². The maximum Gasteiger partial charge on any atom is 0.191 e. The number of nitrogens with zero attached hydrogens (tertiary/aromatic N) is 3. The fourth-order valence-electron chi connectivity index (χ4n) is 4.15. The number of ether oxygens (including phenoxy) is 1. The molecule has 2 aliphatic heterocycles. The van der Waals surface area contributed by atoms with Gasteiger partial charge < -0.3 is 20.3 Å². The van der Waals surface area contributed by atoms with Crippen LogP contribution >= 0.6 is 35.3 Å². The molecule has 2 fully saturated rings. The lowest BCUT2D eigenvalue weighted by molar-refractivity contribution is 0.0341. The van der Waals surface area contributed by atoms with Crippen LogP contribution in [0, 0.1) is 0 Å². The first-order valence-electron chi connectivity index (χ1n) is 10.9. The van der Waals surface area contributed by atoms with Crippen molar-refractivity contribution in [3.05, 3.63) is 52.9 Å². The van der Waals surface area contributed by atoms with Crippen LogP contribution in [0.5, 0.6) is 0 Å². The summed E-state index contributed by atoms with van der Waals surface area (Å²) in [7, 11) is 1.86. The van der Waals surface area contributed by atoms with E-state index in [1.54, 1.807) is 0 Å². The van der Waals surface area contributed by atoms with E-state index in [-0.39, 0.29) is 24.0 Å². The number of hydrogen-bond acceptors (Lipinski definition) is 5. The molecule has 170 valence electrons. The number of benzene rings is 1. The molecule has 2 saturated heterocycles. The van der Waals surface area contributed by atoms with Gasteiger partial charge in [-0.25, -0.2) is 0 Å². The number of halogens is 1. The van der Waals surface area contributed by atoms with Crippen molar-refractivity contribution in [2.45, 2.75) is 32.0 Å². The third kappa shape index (κ3) is 7.06. The summed E-state index contributed by atoms with van der Waals surface area (Å²) in [6.07, 6.45) is 2.26. The SMILES string of the molecule is CN=C(NCc1ccccc1CN1CCOCC1)NC1CCN(c2cccs2)CC1.I. The molecule has 0 bridgehead atoms. The average Bonchev–Trinajstić information content (AvgIpc) is 3.34. The molecular weight excluding hydrogens is 521 g/mol. The molecule has 2 N–H and O–H groups in total. The zero-order valence-corrected chi connectivity index (χ0v) is 21.4. The molecule has 0 unspecified atom stereocenters. The Morgan fingerprint density at radius 1 is 1.06 bits per heavy atom. The Bertz CT molecular complexity index is 802. The van der Waals surface area contributed by atoms with Gasteiger partial charge in [-0.2, -0.15) is 0 Å². The molecule has 4 rings (SSSR count). The lowest BCUT2D eigenvalue weighted by atomic mass is 10.1. The molecule has 6 nitrogen and oxygen atoms in total. The van der Waals surface area contributed by atoms with Crippen LogP contribution in [0.3, 0.4) is 0 Å². The minimum atomic E-state index is 0. The lowest BCUT2D eigenvalue weighted by Crippen LogP contribution is -2.48. The van der Waals surface area contributed by atoms with Crippen LogP contribution in [-0.4, -0.2) is 63.3 Å². The highest BCUT2D eigenvalue weighted by atomic mass is 127. The third-order valence-electron chi connectivity index (χ3n) is 5.94. The maximum atomic E-state index is 5.48. The van der Waals surface area contributed by atoms with Crippen LogP contribution in [0.15, 0.2) is 46.8 Å². The lowest BCUT2D eigenvalue weighted by Gasteiger charge is -2.33. The van der Waals surface area contributed by atoms with Gasteiger partial charge in [0.2, 0.25) is 0 Å². The number of nitrogens with one attached hydrogen (secondary N) is 2. The second kappa shape index (κ2) is 12.6.